The van der Waals surface area contributed by atoms with Crippen molar-refractivity contribution in [3.63, 3.8) is 0 Å². The third kappa shape index (κ3) is 4.28. The molecule has 2 aromatic rings. The molecule has 0 saturated carbocycles. The quantitative estimate of drug-likeness (QED) is 0.430. The van der Waals surface area contributed by atoms with Crippen molar-refractivity contribution >= 4 is 33.9 Å². The van der Waals surface area contributed by atoms with Gasteiger partial charge in [0.05, 0.1) is 0 Å². The molecule has 0 spiro atoms. The van der Waals surface area contributed by atoms with Gasteiger partial charge in [0.2, 0.25) is 0 Å². The highest BCUT2D eigenvalue weighted by Crippen LogP contribution is 2.26. The van der Waals surface area contributed by atoms with Crippen molar-refractivity contribution in [3.8, 4) is 11.5 Å². The van der Waals surface area contributed by atoms with Crippen LogP contribution in [0.4, 0.5) is 0 Å². The molecule has 0 atom stereocenters. The predicted molar refractivity (Wildman–Crippen MR) is 94.9 cm³/mol. The SMILES string of the molecule is CC1(C)OC(=O)C(=Cc2ccc(Oc3ccc(Br)cc3)cc2)C(=O)O1. The summed E-state index contributed by atoms with van der Waals surface area (Å²) in [7, 11) is 0. The normalized spacial score (nSPS) is 16.0. The molecule has 1 heterocycles. The van der Waals surface area contributed by atoms with Crippen LogP contribution >= 0.6 is 15.9 Å². The van der Waals surface area contributed by atoms with E-state index in [2.05, 4.69) is 15.9 Å². The number of esters is 2. The Morgan fingerprint density at radius 3 is 1.88 bits per heavy atom. The summed E-state index contributed by atoms with van der Waals surface area (Å²) >= 11 is 3.37. The lowest BCUT2D eigenvalue weighted by atomic mass is 10.1. The number of halogens is 1. The van der Waals surface area contributed by atoms with Crippen LogP contribution in [0, 0.1) is 0 Å². The van der Waals surface area contributed by atoms with Crippen LogP contribution in [0.5, 0.6) is 11.5 Å². The van der Waals surface area contributed by atoms with Crippen LogP contribution in [0.1, 0.15) is 19.4 Å². The standard InChI is InChI=1S/C19H15BrO5/c1-19(2)24-17(21)16(18(22)25-19)11-12-3-7-14(8-4-12)23-15-9-5-13(20)6-10-15/h3-11H,1-2H3. The largest absolute Gasteiger partial charge is 0.457 e. The summed E-state index contributed by atoms with van der Waals surface area (Å²) in [5.41, 5.74) is 0.521. The number of cyclic esters (lactones) is 2. The van der Waals surface area contributed by atoms with E-state index in [-0.39, 0.29) is 5.57 Å². The number of hydrogen-bond donors (Lipinski definition) is 0. The molecule has 25 heavy (non-hydrogen) atoms. The van der Waals surface area contributed by atoms with Crippen molar-refractivity contribution in [2.24, 2.45) is 0 Å². The fraction of sp³-hybridized carbons (Fsp3) is 0.158. The van der Waals surface area contributed by atoms with Crippen molar-refractivity contribution in [2.75, 3.05) is 0 Å². The van der Waals surface area contributed by atoms with E-state index >= 15 is 0 Å². The van der Waals surface area contributed by atoms with E-state index < -0.39 is 17.7 Å². The first-order valence-corrected chi connectivity index (χ1v) is 8.34. The molecule has 2 aromatic carbocycles. The third-order valence-corrected chi connectivity index (χ3v) is 3.89. The molecule has 0 N–H and O–H groups in total. The molecule has 5 nitrogen and oxygen atoms in total. The molecule has 1 fully saturated rings. The van der Waals surface area contributed by atoms with Crippen LogP contribution in [0.15, 0.2) is 58.6 Å². The highest BCUT2D eigenvalue weighted by atomic mass is 79.9. The summed E-state index contributed by atoms with van der Waals surface area (Å²) in [6.45, 7) is 3.02. The van der Waals surface area contributed by atoms with Crippen molar-refractivity contribution < 1.29 is 23.8 Å². The Hall–Kier alpha value is -2.60. The molecular weight excluding hydrogens is 388 g/mol. The molecule has 0 aliphatic carbocycles. The smallest absolute Gasteiger partial charge is 0.348 e. The molecule has 0 radical (unpaired) electrons. The number of rotatable bonds is 3. The lowest BCUT2D eigenvalue weighted by Crippen LogP contribution is -2.41. The number of carbonyl (C=O) groups is 2. The first-order valence-electron chi connectivity index (χ1n) is 7.54. The van der Waals surface area contributed by atoms with Gasteiger partial charge < -0.3 is 14.2 Å². The van der Waals surface area contributed by atoms with Crippen LogP contribution < -0.4 is 4.74 Å². The van der Waals surface area contributed by atoms with Crippen molar-refractivity contribution in [1.29, 1.82) is 0 Å². The van der Waals surface area contributed by atoms with Gasteiger partial charge in [-0.05, 0) is 48.0 Å². The molecule has 0 aromatic heterocycles. The summed E-state index contributed by atoms with van der Waals surface area (Å²) in [6.07, 6.45) is 1.43. The van der Waals surface area contributed by atoms with Crippen molar-refractivity contribution in [2.45, 2.75) is 19.6 Å². The predicted octanol–water partition coefficient (Wildman–Crippen LogP) is 4.46. The topological polar surface area (TPSA) is 61.8 Å². The van der Waals surface area contributed by atoms with Crippen molar-refractivity contribution in [1.82, 2.24) is 0 Å². The van der Waals surface area contributed by atoms with Gasteiger partial charge in [-0.3, -0.25) is 0 Å². The van der Waals surface area contributed by atoms with Gasteiger partial charge >= 0.3 is 11.9 Å². The molecule has 0 amide bonds. The van der Waals surface area contributed by atoms with E-state index in [9.17, 15) is 9.59 Å². The molecule has 3 rings (SSSR count). The van der Waals surface area contributed by atoms with E-state index in [0.29, 0.717) is 17.1 Å². The van der Waals surface area contributed by atoms with E-state index in [0.717, 1.165) is 4.47 Å². The van der Waals surface area contributed by atoms with Gasteiger partial charge in [0.25, 0.3) is 5.79 Å². The summed E-state index contributed by atoms with van der Waals surface area (Å²) in [6, 6.07) is 14.4. The summed E-state index contributed by atoms with van der Waals surface area (Å²) in [5.74, 6) is -1.29. The first kappa shape index (κ1) is 17.2. The monoisotopic (exact) mass is 402 g/mol. The molecule has 1 aliphatic heterocycles. The molecular formula is C19H15BrO5. The highest BCUT2D eigenvalue weighted by molar-refractivity contribution is 9.10. The Morgan fingerprint density at radius 1 is 0.880 bits per heavy atom. The van der Waals surface area contributed by atoms with Gasteiger partial charge in [-0.2, -0.15) is 0 Å². The Bertz CT molecular complexity index is 813. The Kier molecular flexibility index (Phi) is 4.63. The van der Waals surface area contributed by atoms with Crippen LogP contribution in [0.2, 0.25) is 0 Å². The van der Waals surface area contributed by atoms with Gasteiger partial charge in [-0.1, -0.05) is 28.1 Å². The number of carbonyl (C=O) groups excluding carboxylic acids is 2. The number of hydrogen-bond acceptors (Lipinski definition) is 5. The number of benzene rings is 2. The van der Waals surface area contributed by atoms with Gasteiger partial charge in [0.1, 0.15) is 17.1 Å². The van der Waals surface area contributed by atoms with E-state index in [1.807, 2.05) is 24.3 Å². The minimum atomic E-state index is -1.24. The summed E-state index contributed by atoms with van der Waals surface area (Å²) < 4.78 is 16.8. The minimum absolute atomic E-state index is 0.138. The third-order valence-electron chi connectivity index (χ3n) is 3.36. The van der Waals surface area contributed by atoms with Gasteiger partial charge in [-0.15, -0.1) is 0 Å². The van der Waals surface area contributed by atoms with E-state index in [4.69, 9.17) is 14.2 Å². The molecule has 1 saturated heterocycles. The lowest BCUT2D eigenvalue weighted by molar-refractivity contribution is -0.222. The zero-order valence-electron chi connectivity index (χ0n) is 13.6. The lowest BCUT2D eigenvalue weighted by Gasteiger charge is -2.29. The van der Waals surface area contributed by atoms with Gasteiger partial charge in [0, 0.05) is 18.3 Å². The average Bonchev–Trinajstić information content (AvgIpc) is 2.54. The Labute approximate surface area is 153 Å². The average molecular weight is 403 g/mol. The van der Waals surface area contributed by atoms with E-state index in [1.165, 1.54) is 19.9 Å². The van der Waals surface area contributed by atoms with Gasteiger partial charge in [-0.25, -0.2) is 9.59 Å². The second-order valence-corrected chi connectivity index (χ2v) is 6.78. The molecule has 1 aliphatic rings. The van der Waals surface area contributed by atoms with Crippen LogP contribution in [0.25, 0.3) is 6.08 Å². The van der Waals surface area contributed by atoms with E-state index in [1.54, 1.807) is 24.3 Å². The number of ether oxygens (including phenoxy) is 3. The molecule has 128 valence electrons. The first-order chi connectivity index (χ1) is 11.8. The summed E-state index contributed by atoms with van der Waals surface area (Å²) in [4.78, 5) is 23.9. The second kappa shape index (κ2) is 6.72. The second-order valence-electron chi connectivity index (χ2n) is 5.86. The molecule has 6 heteroatoms. The maximum absolute atomic E-state index is 11.9. The Morgan fingerprint density at radius 2 is 1.36 bits per heavy atom. The zero-order valence-corrected chi connectivity index (χ0v) is 15.2. The fourth-order valence-electron chi connectivity index (χ4n) is 2.22. The molecule has 0 bridgehead atoms. The molecule has 0 unspecified atom stereocenters. The fourth-order valence-corrected chi connectivity index (χ4v) is 2.48. The highest BCUT2D eigenvalue weighted by Gasteiger charge is 2.38. The van der Waals surface area contributed by atoms with Gasteiger partial charge in [0.15, 0.2) is 0 Å². The minimum Gasteiger partial charge on any atom is -0.457 e. The summed E-state index contributed by atoms with van der Waals surface area (Å²) in [5, 5.41) is 0. The Balaban J connectivity index is 1.75. The van der Waals surface area contributed by atoms with Crippen LogP contribution in [-0.4, -0.2) is 17.7 Å². The maximum Gasteiger partial charge on any atom is 0.348 e. The van der Waals surface area contributed by atoms with Crippen molar-refractivity contribution in [3.05, 3.63) is 64.1 Å². The van der Waals surface area contributed by atoms with Crippen LogP contribution in [0.3, 0.4) is 0 Å². The van der Waals surface area contributed by atoms with Crippen LogP contribution in [-0.2, 0) is 19.1 Å². The maximum atomic E-state index is 11.9. The zero-order chi connectivity index (χ0) is 18.0.